The molecule has 0 unspecified atom stereocenters. The Morgan fingerprint density at radius 1 is 1.13 bits per heavy atom. The Morgan fingerprint density at radius 2 is 1.87 bits per heavy atom. The molecule has 0 spiro atoms. The average molecular weight is 469 g/mol. The number of nitrogens with one attached hydrogen (secondary N) is 1. The van der Waals surface area contributed by atoms with Gasteiger partial charge in [0.05, 0.1) is 26.2 Å². The zero-order valence-corrected chi connectivity index (χ0v) is 17.2. The molecule has 0 saturated heterocycles. The van der Waals surface area contributed by atoms with E-state index < -0.39 is 17.4 Å². The molecule has 0 aliphatic carbocycles. The Bertz CT molecular complexity index is 1130. The third kappa shape index (κ3) is 5.29. The Hall–Kier alpha value is -3.07. The Kier molecular flexibility index (Phi) is 6.94. The van der Waals surface area contributed by atoms with E-state index in [9.17, 15) is 14.9 Å². The summed E-state index contributed by atoms with van der Waals surface area (Å²) < 4.78 is 10.8. The second kappa shape index (κ2) is 9.62. The summed E-state index contributed by atoms with van der Waals surface area (Å²) in [5.74, 6) is 0.151. The van der Waals surface area contributed by atoms with Gasteiger partial charge in [0.1, 0.15) is 11.5 Å². The molecule has 0 radical (unpaired) electrons. The van der Waals surface area contributed by atoms with Gasteiger partial charge in [-0.15, -0.1) is 0 Å². The van der Waals surface area contributed by atoms with Crippen LogP contribution in [-0.4, -0.2) is 23.7 Å². The van der Waals surface area contributed by atoms with Crippen molar-refractivity contribution in [3.05, 3.63) is 79.5 Å². The van der Waals surface area contributed by atoms with Gasteiger partial charge in [-0.05, 0) is 30.3 Å². The number of amides is 1. The van der Waals surface area contributed by atoms with Crippen molar-refractivity contribution in [2.24, 2.45) is 5.10 Å². The van der Waals surface area contributed by atoms with Crippen LogP contribution in [-0.2, 0) is 4.79 Å². The van der Waals surface area contributed by atoms with Gasteiger partial charge in [-0.3, -0.25) is 14.9 Å². The fraction of sp³-hybridized carbons (Fsp3) is 0.0526. The quantitative estimate of drug-likeness (QED) is 0.218. The molecule has 8 nitrogen and oxygen atoms in total. The molecule has 1 aromatic heterocycles. The van der Waals surface area contributed by atoms with E-state index >= 15 is 0 Å². The maximum absolute atomic E-state index is 11.8. The van der Waals surface area contributed by atoms with Crippen molar-refractivity contribution in [3.63, 3.8) is 0 Å². The highest BCUT2D eigenvalue weighted by molar-refractivity contribution is 6.44. The number of carbonyl (C=O) groups is 1. The van der Waals surface area contributed by atoms with Gasteiger partial charge in [0.25, 0.3) is 5.91 Å². The normalized spacial score (nSPS) is 10.9. The Morgan fingerprint density at radius 3 is 2.63 bits per heavy atom. The van der Waals surface area contributed by atoms with Gasteiger partial charge in [-0.1, -0.05) is 46.9 Å². The number of nitro groups is 1. The standard InChI is InChI=1S/C19H12Cl3N3O5/c20-13-8-15(22)14(21)7-12(13)17-6-5-11(30-17)9-23-24-19(26)10-29-18-4-2-1-3-16(18)25(27)28/h1-9H,10H2,(H,24,26)/b23-9-. The molecule has 0 atom stereocenters. The fourth-order valence-corrected chi connectivity index (χ4v) is 2.99. The Labute approximate surface area is 185 Å². The molecular weight excluding hydrogens is 457 g/mol. The summed E-state index contributed by atoms with van der Waals surface area (Å²) in [6.07, 6.45) is 1.28. The van der Waals surface area contributed by atoms with Crippen LogP contribution in [0.15, 0.2) is 58.0 Å². The summed E-state index contributed by atoms with van der Waals surface area (Å²) >= 11 is 18.1. The summed E-state index contributed by atoms with van der Waals surface area (Å²) in [6, 6.07) is 12.1. The van der Waals surface area contributed by atoms with E-state index in [1.807, 2.05) is 0 Å². The number of para-hydroxylation sites is 2. The number of rotatable bonds is 7. The van der Waals surface area contributed by atoms with E-state index in [2.05, 4.69) is 10.5 Å². The van der Waals surface area contributed by atoms with E-state index in [1.165, 1.54) is 30.5 Å². The topological polar surface area (TPSA) is 107 Å². The maximum atomic E-state index is 11.8. The highest BCUT2D eigenvalue weighted by Gasteiger charge is 2.15. The number of hydrazone groups is 1. The minimum Gasteiger partial charge on any atom is -0.477 e. The number of furan rings is 1. The van der Waals surface area contributed by atoms with Gasteiger partial charge in [0, 0.05) is 11.6 Å². The van der Waals surface area contributed by atoms with Crippen molar-refractivity contribution in [1.82, 2.24) is 5.43 Å². The van der Waals surface area contributed by atoms with Crippen LogP contribution in [0.4, 0.5) is 5.69 Å². The number of nitrogens with zero attached hydrogens (tertiary/aromatic N) is 2. The summed E-state index contributed by atoms with van der Waals surface area (Å²) in [6.45, 7) is -0.454. The lowest BCUT2D eigenvalue weighted by Gasteiger charge is -2.05. The van der Waals surface area contributed by atoms with Crippen molar-refractivity contribution < 1.29 is 18.9 Å². The first kappa shape index (κ1) is 21.6. The van der Waals surface area contributed by atoms with Crippen LogP contribution in [0, 0.1) is 10.1 Å². The van der Waals surface area contributed by atoms with Crippen LogP contribution in [0.5, 0.6) is 5.75 Å². The summed E-state index contributed by atoms with van der Waals surface area (Å²) in [7, 11) is 0. The van der Waals surface area contributed by atoms with E-state index in [1.54, 1.807) is 24.3 Å². The molecule has 0 saturated carbocycles. The molecule has 2 aromatic carbocycles. The monoisotopic (exact) mass is 467 g/mol. The van der Waals surface area contributed by atoms with Crippen molar-refractivity contribution in [2.75, 3.05) is 6.61 Å². The molecule has 11 heteroatoms. The van der Waals surface area contributed by atoms with Crippen molar-refractivity contribution in [1.29, 1.82) is 0 Å². The first-order valence-electron chi connectivity index (χ1n) is 8.28. The minimum absolute atomic E-state index is 0.0178. The molecule has 0 aliphatic rings. The number of carbonyl (C=O) groups excluding carboxylic acids is 1. The van der Waals surface area contributed by atoms with Crippen molar-refractivity contribution in [3.8, 4) is 17.1 Å². The number of ether oxygens (including phenoxy) is 1. The van der Waals surface area contributed by atoms with Gasteiger partial charge in [0.2, 0.25) is 0 Å². The van der Waals surface area contributed by atoms with Crippen LogP contribution < -0.4 is 10.2 Å². The number of nitro benzene ring substituents is 1. The van der Waals surface area contributed by atoms with Crippen LogP contribution >= 0.6 is 34.8 Å². The number of benzene rings is 2. The van der Waals surface area contributed by atoms with E-state index in [4.69, 9.17) is 44.0 Å². The second-order valence-electron chi connectivity index (χ2n) is 5.75. The molecular formula is C19H12Cl3N3O5. The van der Waals surface area contributed by atoms with Crippen molar-refractivity contribution >= 4 is 52.6 Å². The maximum Gasteiger partial charge on any atom is 0.310 e. The van der Waals surface area contributed by atoms with Gasteiger partial charge in [-0.2, -0.15) is 5.10 Å². The average Bonchev–Trinajstić information content (AvgIpc) is 3.18. The zero-order chi connectivity index (χ0) is 21.7. The van der Waals surface area contributed by atoms with Crippen LogP contribution in [0.1, 0.15) is 5.76 Å². The molecule has 1 heterocycles. The fourth-order valence-electron chi connectivity index (χ4n) is 2.35. The summed E-state index contributed by atoms with van der Waals surface area (Å²) in [4.78, 5) is 22.2. The lowest BCUT2D eigenvalue weighted by Crippen LogP contribution is -2.24. The van der Waals surface area contributed by atoms with Gasteiger partial charge in [0.15, 0.2) is 12.4 Å². The van der Waals surface area contributed by atoms with Crippen molar-refractivity contribution in [2.45, 2.75) is 0 Å². The molecule has 1 N–H and O–H groups in total. The van der Waals surface area contributed by atoms with E-state index in [0.717, 1.165) is 0 Å². The largest absolute Gasteiger partial charge is 0.477 e. The van der Waals surface area contributed by atoms with E-state index in [-0.39, 0.29) is 11.4 Å². The molecule has 1 amide bonds. The molecule has 0 bridgehead atoms. The molecule has 0 fully saturated rings. The van der Waals surface area contributed by atoms with Gasteiger partial charge in [-0.25, -0.2) is 5.43 Å². The van der Waals surface area contributed by atoms with E-state index in [0.29, 0.717) is 32.2 Å². The van der Waals surface area contributed by atoms with Gasteiger partial charge < -0.3 is 9.15 Å². The third-order valence-corrected chi connectivity index (χ3v) is 4.74. The second-order valence-corrected chi connectivity index (χ2v) is 6.98. The smallest absolute Gasteiger partial charge is 0.310 e. The molecule has 154 valence electrons. The molecule has 3 rings (SSSR count). The predicted octanol–water partition coefficient (Wildman–Crippen LogP) is 5.34. The number of hydrogen-bond donors (Lipinski definition) is 1. The van der Waals surface area contributed by atoms with Crippen LogP contribution in [0.3, 0.4) is 0 Å². The Balaban J connectivity index is 1.58. The summed E-state index contributed by atoms with van der Waals surface area (Å²) in [5.41, 5.74) is 2.55. The molecule has 3 aromatic rings. The number of hydrogen-bond acceptors (Lipinski definition) is 6. The first-order valence-corrected chi connectivity index (χ1v) is 9.41. The third-order valence-electron chi connectivity index (χ3n) is 3.70. The highest BCUT2D eigenvalue weighted by atomic mass is 35.5. The molecule has 30 heavy (non-hydrogen) atoms. The molecule has 0 aliphatic heterocycles. The zero-order valence-electron chi connectivity index (χ0n) is 15.0. The first-order chi connectivity index (χ1) is 14.3. The van der Waals surface area contributed by atoms with Crippen LogP contribution in [0.25, 0.3) is 11.3 Å². The predicted molar refractivity (Wildman–Crippen MR) is 114 cm³/mol. The summed E-state index contributed by atoms with van der Waals surface area (Å²) in [5, 5.41) is 15.7. The highest BCUT2D eigenvalue weighted by Crippen LogP contribution is 2.35. The lowest BCUT2D eigenvalue weighted by atomic mass is 10.2. The SMILES string of the molecule is O=C(COc1ccccc1[N+](=O)[O-])N/N=C\c1ccc(-c2cc(Cl)c(Cl)cc2Cl)o1. The minimum atomic E-state index is -0.608. The van der Waals surface area contributed by atoms with Crippen LogP contribution in [0.2, 0.25) is 15.1 Å². The number of halogens is 3. The lowest BCUT2D eigenvalue weighted by molar-refractivity contribution is -0.385. The van der Waals surface area contributed by atoms with Gasteiger partial charge >= 0.3 is 5.69 Å².